The molecule has 6 atom stereocenters. The maximum absolute atomic E-state index is 6.36. The fourth-order valence-electron chi connectivity index (χ4n) is 6.70. The molecule has 2 heteroatoms. The van der Waals surface area contributed by atoms with Crippen LogP contribution in [0, 0.1) is 35.5 Å². The minimum Gasteiger partial charge on any atom is -0.369 e. The fourth-order valence-corrected chi connectivity index (χ4v) is 6.70. The molecule has 1 heterocycles. The van der Waals surface area contributed by atoms with Crippen LogP contribution in [0.5, 0.6) is 0 Å². The summed E-state index contributed by atoms with van der Waals surface area (Å²) in [6, 6.07) is 0.671. The quantitative estimate of drug-likeness (QED) is 0.853. The zero-order valence-electron chi connectivity index (χ0n) is 13.8. The number of nitrogens with one attached hydrogen (secondary N) is 1. The third-order valence-corrected chi connectivity index (χ3v) is 7.12. The van der Waals surface area contributed by atoms with E-state index in [2.05, 4.69) is 40.1 Å². The Labute approximate surface area is 124 Å². The normalized spacial score (nSPS) is 52.0. The van der Waals surface area contributed by atoms with Gasteiger partial charge in [-0.1, -0.05) is 0 Å². The lowest BCUT2D eigenvalue weighted by Gasteiger charge is -2.34. The van der Waals surface area contributed by atoms with Gasteiger partial charge in [0.05, 0.1) is 11.2 Å². The molecule has 114 valence electrons. The maximum Gasteiger partial charge on any atom is 0.0677 e. The molecule has 2 bridgehead atoms. The molecule has 1 saturated heterocycles. The van der Waals surface area contributed by atoms with Crippen LogP contribution in [0.3, 0.4) is 0 Å². The van der Waals surface area contributed by atoms with Gasteiger partial charge in [0.15, 0.2) is 0 Å². The fraction of sp³-hybridized carbons (Fsp3) is 1.00. The molecule has 4 fully saturated rings. The van der Waals surface area contributed by atoms with Crippen molar-refractivity contribution in [2.45, 2.75) is 70.6 Å². The summed E-state index contributed by atoms with van der Waals surface area (Å²) >= 11 is 0. The molecule has 3 saturated carbocycles. The summed E-state index contributed by atoms with van der Waals surface area (Å²) in [4.78, 5) is 0. The molecule has 0 aromatic rings. The summed E-state index contributed by atoms with van der Waals surface area (Å²) < 4.78 is 6.36. The number of fused-ring (bicyclic) bond motifs is 5. The van der Waals surface area contributed by atoms with Crippen LogP contribution in [0.4, 0.5) is 0 Å². The number of hydrogen-bond acceptors (Lipinski definition) is 2. The molecule has 1 aliphatic heterocycles. The second-order valence-corrected chi connectivity index (χ2v) is 9.16. The van der Waals surface area contributed by atoms with Gasteiger partial charge in [-0.25, -0.2) is 0 Å². The van der Waals surface area contributed by atoms with E-state index in [0.29, 0.717) is 12.0 Å². The van der Waals surface area contributed by atoms with E-state index >= 15 is 0 Å². The van der Waals surface area contributed by atoms with E-state index in [9.17, 15) is 0 Å². The van der Waals surface area contributed by atoms with Crippen LogP contribution in [0.15, 0.2) is 0 Å². The summed E-state index contributed by atoms with van der Waals surface area (Å²) in [6.07, 6.45) is 5.80. The summed E-state index contributed by atoms with van der Waals surface area (Å²) in [6.45, 7) is 9.14. The Kier molecular flexibility index (Phi) is 2.72. The molecule has 1 N–H and O–H groups in total. The SMILES string of the molecule is CNC(C1C2C3CCC(C3)C21)C1CC(C)(C)OC1(C)C. The lowest BCUT2D eigenvalue weighted by Crippen LogP contribution is -2.45. The predicted molar refractivity (Wildman–Crippen MR) is 81.5 cm³/mol. The van der Waals surface area contributed by atoms with Crippen molar-refractivity contribution in [2.24, 2.45) is 35.5 Å². The number of hydrogen-bond donors (Lipinski definition) is 1. The van der Waals surface area contributed by atoms with E-state index in [0.717, 1.165) is 29.6 Å². The summed E-state index contributed by atoms with van der Waals surface area (Å²) in [5.41, 5.74) is 0.0688. The monoisotopic (exact) mass is 277 g/mol. The first-order chi connectivity index (χ1) is 9.34. The van der Waals surface area contributed by atoms with Crippen LogP contribution < -0.4 is 5.32 Å². The van der Waals surface area contributed by atoms with Gasteiger partial charge in [0.1, 0.15) is 0 Å². The van der Waals surface area contributed by atoms with Crippen molar-refractivity contribution in [3.8, 4) is 0 Å². The maximum atomic E-state index is 6.36. The van der Waals surface area contributed by atoms with Gasteiger partial charge < -0.3 is 10.1 Å². The Morgan fingerprint density at radius 3 is 2.10 bits per heavy atom. The van der Waals surface area contributed by atoms with E-state index in [4.69, 9.17) is 4.74 Å². The van der Waals surface area contributed by atoms with Gasteiger partial charge in [0.25, 0.3) is 0 Å². The molecule has 4 rings (SSSR count). The van der Waals surface area contributed by atoms with Crippen molar-refractivity contribution in [3.05, 3.63) is 0 Å². The van der Waals surface area contributed by atoms with Gasteiger partial charge in [0, 0.05) is 12.0 Å². The van der Waals surface area contributed by atoms with E-state index in [-0.39, 0.29) is 11.2 Å². The third-order valence-electron chi connectivity index (χ3n) is 7.12. The molecule has 3 aliphatic carbocycles. The molecule has 20 heavy (non-hydrogen) atoms. The van der Waals surface area contributed by atoms with Crippen LogP contribution in [0.1, 0.15) is 53.4 Å². The molecule has 0 spiro atoms. The number of rotatable bonds is 3. The van der Waals surface area contributed by atoms with Gasteiger partial charge in [-0.05, 0) is 90.0 Å². The second kappa shape index (κ2) is 4.01. The van der Waals surface area contributed by atoms with Crippen LogP contribution >= 0.6 is 0 Å². The molecule has 2 nitrogen and oxygen atoms in total. The highest BCUT2D eigenvalue weighted by Crippen LogP contribution is 2.71. The lowest BCUT2D eigenvalue weighted by molar-refractivity contribution is -0.0786. The van der Waals surface area contributed by atoms with Gasteiger partial charge in [-0.3, -0.25) is 0 Å². The Morgan fingerprint density at radius 1 is 1.05 bits per heavy atom. The molecule has 0 aromatic heterocycles. The largest absolute Gasteiger partial charge is 0.369 e. The summed E-state index contributed by atoms with van der Waals surface area (Å²) in [5, 5.41) is 3.72. The van der Waals surface area contributed by atoms with Crippen molar-refractivity contribution >= 4 is 0 Å². The number of ether oxygens (including phenoxy) is 1. The average molecular weight is 277 g/mol. The van der Waals surface area contributed by atoms with Crippen LogP contribution in [0.25, 0.3) is 0 Å². The van der Waals surface area contributed by atoms with Gasteiger partial charge >= 0.3 is 0 Å². The van der Waals surface area contributed by atoms with Crippen molar-refractivity contribution in [2.75, 3.05) is 7.05 Å². The van der Waals surface area contributed by atoms with Crippen molar-refractivity contribution in [3.63, 3.8) is 0 Å². The highest BCUT2D eigenvalue weighted by molar-refractivity contribution is 5.18. The first-order valence-corrected chi connectivity index (χ1v) is 8.71. The van der Waals surface area contributed by atoms with E-state index in [1.807, 2.05) is 0 Å². The van der Waals surface area contributed by atoms with Crippen LogP contribution in [-0.2, 0) is 4.74 Å². The minimum atomic E-state index is 0.0209. The highest BCUT2D eigenvalue weighted by Gasteiger charge is 2.68. The Balaban J connectivity index is 1.55. The Hall–Kier alpha value is -0.0800. The van der Waals surface area contributed by atoms with Crippen LogP contribution in [0.2, 0.25) is 0 Å². The van der Waals surface area contributed by atoms with E-state index < -0.39 is 0 Å². The minimum absolute atomic E-state index is 0.0209. The smallest absolute Gasteiger partial charge is 0.0677 e. The molecule has 0 radical (unpaired) electrons. The predicted octanol–water partition coefficient (Wildman–Crippen LogP) is 3.46. The van der Waals surface area contributed by atoms with Crippen LogP contribution in [-0.4, -0.2) is 24.3 Å². The molecule has 4 aliphatic rings. The molecule has 0 aromatic carbocycles. The van der Waals surface area contributed by atoms with Crippen molar-refractivity contribution < 1.29 is 4.74 Å². The Morgan fingerprint density at radius 2 is 1.65 bits per heavy atom. The third kappa shape index (κ3) is 1.76. The summed E-state index contributed by atoms with van der Waals surface area (Å²) in [5.74, 6) is 5.88. The molecule has 6 unspecified atom stereocenters. The van der Waals surface area contributed by atoms with E-state index in [1.54, 1.807) is 6.42 Å². The van der Waals surface area contributed by atoms with E-state index in [1.165, 1.54) is 19.3 Å². The molecule has 0 amide bonds. The topological polar surface area (TPSA) is 21.3 Å². The Bertz CT molecular complexity index is 400. The highest BCUT2D eigenvalue weighted by atomic mass is 16.5. The van der Waals surface area contributed by atoms with Gasteiger partial charge in [0.2, 0.25) is 0 Å². The molecular formula is C18H31NO. The zero-order valence-corrected chi connectivity index (χ0v) is 13.8. The second-order valence-electron chi connectivity index (χ2n) is 9.16. The van der Waals surface area contributed by atoms with Crippen molar-refractivity contribution in [1.29, 1.82) is 0 Å². The molecular weight excluding hydrogens is 246 g/mol. The first-order valence-electron chi connectivity index (χ1n) is 8.71. The van der Waals surface area contributed by atoms with Gasteiger partial charge in [-0.15, -0.1) is 0 Å². The standard InChI is InChI=1S/C18H31NO/c1-17(2)9-12(18(3,4)20-17)16(19-5)15-13-10-6-7-11(8-10)14(13)15/h10-16,19H,6-9H2,1-5H3. The average Bonchev–Trinajstić information content (AvgIpc) is 2.66. The van der Waals surface area contributed by atoms with Gasteiger partial charge in [-0.2, -0.15) is 0 Å². The van der Waals surface area contributed by atoms with Crippen molar-refractivity contribution in [1.82, 2.24) is 5.32 Å². The lowest BCUT2D eigenvalue weighted by atomic mass is 9.78. The zero-order chi connectivity index (χ0) is 14.3. The summed E-state index contributed by atoms with van der Waals surface area (Å²) in [7, 11) is 2.18. The first kappa shape index (κ1) is 13.6.